The Balaban J connectivity index is 0.00000961. The zero-order valence-corrected chi connectivity index (χ0v) is 21.4. The Morgan fingerprint density at radius 2 is 1.44 bits per heavy atom. The molecule has 0 saturated carbocycles. The van der Waals surface area contributed by atoms with Crippen LogP contribution in [-0.2, 0) is 14.3 Å². The first kappa shape index (κ1) is 30.7. The predicted octanol–water partition coefficient (Wildman–Crippen LogP) is 5.82. The Bertz CT molecular complexity index is 590. The van der Waals surface area contributed by atoms with Crippen LogP contribution < -0.4 is 5.11 Å². The van der Waals surface area contributed by atoms with E-state index in [1.165, 1.54) is 70.6 Å². The van der Waals surface area contributed by atoms with Gasteiger partial charge in [-0.15, -0.1) is 12.4 Å². The van der Waals surface area contributed by atoms with E-state index in [1.54, 1.807) is 12.2 Å². The summed E-state index contributed by atoms with van der Waals surface area (Å²) in [5.74, 6) is -1.36. The molecule has 0 saturated heterocycles. The van der Waals surface area contributed by atoms with E-state index in [0.717, 1.165) is 12.8 Å². The Morgan fingerprint density at radius 1 is 0.938 bits per heavy atom. The number of ether oxygens (including phenoxy) is 1. The molecule has 0 radical (unpaired) electrons. The molecule has 6 heteroatoms. The number of likely N-dealkylation sites (N-methyl/N-ethyl adjacent to an activating group) is 1. The first-order valence-electron chi connectivity index (χ1n) is 12.6. The van der Waals surface area contributed by atoms with E-state index >= 15 is 0 Å². The average Bonchev–Trinajstić information content (AvgIpc) is 2.76. The average molecular weight is 472 g/mol. The highest BCUT2D eigenvalue weighted by Gasteiger charge is 2.35. The molecule has 1 rings (SSSR count). The number of aliphatic carboxylic acids is 1. The molecule has 32 heavy (non-hydrogen) atoms. The summed E-state index contributed by atoms with van der Waals surface area (Å²) >= 11 is 0. The zero-order valence-electron chi connectivity index (χ0n) is 20.6. The van der Waals surface area contributed by atoms with Crippen LogP contribution in [0.3, 0.4) is 0 Å². The van der Waals surface area contributed by atoms with Crippen LogP contribution in [0.1, 0.15) is 111 Å². The van der Waals surface area contributed by atoms with E-state index in [9.17, 15) is 14.7 Å². The number of carboxylic acids is 1. The molecule has 0 aromatic rings. The number of halogens is 1. The maximum absolute atomic E-state index is 12.3. The van der Waals surface area contributed by atoms with Crippen LogP contribution in [0, 0.1) is 0 Å². The molecular weight excluding hydrogens is 426 g/mol. The monoisotopic (exact) mass is 471 g/mol. The van der Waals surface area contributed by atoms with E-state index in [2.05, 4.69) is 6.92 Å². The van der Waals surface area contributed by atoms with Gasteiger partial charge < -0.3 is 14.6 Å². The zero-order chi connectivity index (χ0) is 23.0. The summed E-state index contributed by atoms with van der Waals surface area (Å²) in [6, 6.07) is 0. The van der Waals surface area contributed by atoms with Gasteiger partial charge >= 0.3 is 5.97 Å². The number of unbranched alkanes of at least 4 members (excludes halogenated alkanes) is 12. The van der Waals surface area contributed by atoms with Gasteiger partial charge in [0.2, 0.25) is 6.23 Å². The van der Waals surface area contributed by atoms with Crippen LogP contribution in [0.25, 0.3) is 0 Å². The fraction of sp³-hybridized carbons (Fsp3) is 0.769. The molecule has 0 amide bonds. The van der Waals surface area contributed by atoms with E-state index in [0.29, 0.717) is 17.4 Å². The quantitative estimate of drug-likeness (QED) is 0.143. The molecule has 0 aromatic carbocycles. The Labute approximate surface area is 202 Å². The van der Waals surface area contributed by atoms with Gasteiger partial charge in [-0.25, -0.2) is 0 Å². The highest BCUT2D eigenvalue weighted by Crippen LogP contribution is 2.23. The number of hydrogen-bond acceptors (Lipinski definition) is 4. The Hall–Kier alpha value is -1.33. The Kier molecular flexibility index (Phi) is 17.4. The summed E-state index contributed by atoms with van der Waals surface area (Å²) in [6.07, 6.45) is 21.8. The lowest BCUT2D eigenvalue weighted by molar-refractivity contribution is -0.916. The van der Waals surface area contributed by atoms with E-state index < -0.39 is 12.2 Å². The minimum Gasteiger partial charge on any atom is -0.545 e. The fourth-order valence-electron chi connectivity index (χ4n) is 4.25. The molecule has 2 unspecified atom stereocenters. The molecule has 1 aliphatic heterocycles. The topological polar surface area (TPSA) is 66.4 Å². The van der Waals surface area contributed by atoms with Crippen LogP contribution in [0.2, 0.25) is 0 Å². The maximum atomic E-state index is 12.3. The first-order chi connectivity index (χ1) is 14.9. The van der Waals surface area contributed by atoms with Crippen LogP contribution in [0.15, 0.2) is 23.9 Å². The molecule has 2 atom stereocenters. The lowest BCUT2D eigenvalue weighted by Gasteiger charge is -2.40. The van der Waals surface area contributed by atoms with Gasteiger partial charge in [0.1, 0.15) is 6.54 Å². The number of carbonyl (C=O) groups excluding carboxylic acids is 2. The molecule has 1 heterocycles. The molecule has 186 valence electrons. The van der Waals surface area contributed by atoms with Crippen molar-refractivity contribution in [2.45, 2.75) is 117 Å². The summed E-state index contributed by atoms with van der Waals surface area (Å²) in [7, 11) is 0. The van der Waals surface area contributed by atoms with Crippen molar-refractivity contribution in [3.63, 3.8) is 0 Å². The predicted molar refractivity (Wildman–Crippen MR) is 131 cm³/mol. The van der Waals surface area contributed by atoms with Crippen LogP contribution in [0.4, 0.5) is 0 Å². The van der Waals surface area contributed by atoms with Gasteiger partial charge in [-0.05, 0) is 25.5 Å². The number of allylic oxidation sites excluding steroid dienone is 2. The van der Waals surface area contributed by atoms with Crippen molar-refractivity contribution >= 4 is 24.3 Å². The van der Waals surface area contributed by atoms with Crippen molar-refractivity contribution in [1.29, 1.82) is 0 Å². The number of carboxylic acid groups (broad SMARTS) is 1. The molecule has 0 fully saturated rings. The summed E-state index contributed by atoms with van der Waals surface area (Å²) in [4.78, 5) is 23.5. The van der Waals surface area contributed by atoms with Crippen LogP contribution in [0.5, 0.6) is 0 Å². The van der Waals surface area contributed by atoms with Gasteiger partial charge in [0.15, 0.2) is 0 Å². The standard InChI is InChI=1S/C26H45NO4.ClH/c1-4-6-7-8-9-10-11-12-13-14-15-16-17-20-25(28)31-23(3)27(5-2)21-18-19-24(22-27)26(29)30;/h18-19,21,23H,4-17,20,22H2,1-3H3;1H. The van der Waals surface area contributed by atoms with Gasteiger partial charge in [-0.1, -0.05) is 84.0 Å². The summed E-state index contributed by atoms with van der Waals surface area (Å²) in [6.45, 7) is 7.00. The van der Waals surface area contributed by atoms with Crippen molar-refractivity contribution in [1.82, 2.24) is 0 Å². The molecular formula is C26H46ClNO4. The third kappa shape index (κ3) is 12.1. The number of rotatable bonds is 18. The van der Waals surface area contributed by atoms with Gasteiger partial charge in [0, 0.05) is 18.9 Å². The number of esters is 1. The van der Waals surface area contributed by atoms with Crippen molar-refractivity contribution in [3.05, 3.63) is 23.9 Å². The second-order valence-corrected chi connectivity index (χ2v) is 8.98. The number of nitrogens with zero attached hydrogens (tertiary/aromatic N) is 1. The van der Waals surface area contributed by atoms with Crippen molar-refractivity contribution in [2.24, 2.45) is 0 Å². The number of carbonyl (C=O) groups is 2. The van der Waals surface area contributed by atoms with E-state index in [1.807, 2.05) is 20.0 Å². The molecule has 0 aromatic heterocycles. The highest BCUT2D eigenvalue weighted by atomic mass is 35.5. The minimum atomic E-state index is -1.16. The van der Waals surface area contributed by atoms with E-state index in [-0.39, 0.29) is 30.5 Å². The highest BCUT2D eigenvalue weighted by molar-refractivity contribution is 5.85. The third-order valence-corrected chi connectivity index (χ3v) is 6.51. The number of quaternary nitrogens is 1. The molecule has 0 N–H and O–H groups in total. The summed E-state index contributed by atoms with van der Waals surface area (Å²) in [5, 5.41) is 11.2. The summed E-state index contributed by atoms with van der Waals surface area (Å²) in [5.41, 5.74) is 0.240. The maximum Gasteiger partial charge on any atom is 0.310 e. The Morgan fingerprint density at radius 3 is 1.91 bits per heavy atom. The fourth-order valence-corrected chi connectivity index (χ4v) is 4.25. The van der Waals surface area contributed by atoms with Gasteiger partial charge in [-0.2, -0.15) is 0 Å². The lowest BCUT2D eigenvalue weighted by Crippen LogP contribution is -2.54. The molecule has 0 aliphatic carbocycles. The van der Waals surface area contributed by atoms with E-state index in [4.69, 9.17) is 4.74 Å². The van der Waals surface area contributed by atoms with Gasteiger partial charge in [0.25, 0.3) is 0 Å². The van der Waals surface area contributed by atoms with Crippen LogP contribution >= 0.6 is 12.4 Å². The molecule has 0 bridgehead atoms. The molecule has 1 aliphatic rings. The first-order valence-corrected chi connectivity index (χ1v) is 12.6. The van der Waals surface area contributed by atoms with Crippen molar-refractivity contribution < 1.29 is 23.9 Å². The lowest BCUT2D eigenvalue weighted by atomic mass is 10.0. The van der Waals surface area contributed by atoms with Crippen LogP contribution in [-0.4, -0.2) is 35.7 Å². The van der Waals surface area contributed by atoms with Gasteiger partial charge in [-0.3, -0.25) is 9.28 Å². The largest absolute Gasteiger partial charge is 0.545 e. The van der Waals surface area contributed by atoms with Crippen molar-refractivity contribution in [2.75, 3.05) is 13.1 Å². The number of hydrogen-bond donors (Lipinski definition) is 0. The SMILES string of the molecule is CCCCCCCCCCCCCCCC(=O)OC(C)[N+]1(CC)C=CC=C(C(=O)[O-])C1.Cl. The normalized spacial score (nSPS) is 18.5. The second-order valence-electron chi connectivity index (χ2n) is 8.98. The summed E-state index contributed by atoms with van der Waals surface area (Å²) < 4.78 is 5.96. The second kappa shape index (κ2) is 18.1. The smallest absolute Gasteiger partial charge is 0.310 e. The molecule has 5 nitrogen and oxygen atoms in total. The van der Waals surface area contributed by atoms with Crippen molar-refractivity contribution in [3.8, 4) is 0 Å². The minimum absolute atomic E-state index is 0. The third-order valence-electron chi connectivity index (χ3n) is 6.51. The molecule has 0 spiro atoms. The van der Waals surface area contributed by atoms with Gasteiger partial charge in [0.05, 0.1) is 18.7 Å².